The summed E-state index contributed by atoms with van der Waals surface area (Å²) in [5.41, 5.74) is 0.220. The quantitative estimate of drug-likeness (QED) is 0.704. The first-order valence-corrected chi connectivity index (χ1v) is 6.86. The van der Waals surface area contributed by atoms with E-state index in [9.17, 15) is 0 Å². The van der Waals surface area contributed by atoms with Gasteiger partial charge in [-0.05, 0) is 67.8 Å². The van der Waals surface area contributed by atoms with E-state index in [-0.39, 0.29) is 5.54 Å². The molecule has 0 aliphatic heterocycles. The number of rotatable bonds is 8. The average Bonchev–Trinajstić information content (AvgIpc) is 2.16. The van der Waals surface area contributed by atoms with Crippen molar-refractivity contribution in [1.82, 2.24) is 15.1 Å². The van der Waals surface area contributed by atoms with Gasteiger partial charge in [0.05, 0.1) is 0 Å². The smallest absolute Gasteiger partial charge is 0.0215 e. The Balaban J connectivity index is 3.91. The highest BCUT2D eigenvalue weighted by molar-refractivity contribution is 4.77. The molecule has 0 fully saturated rings. The highest BCUT2D eigenvalue weighted by atomic mass is 15.2. The predicted octanol–water partition coefficient (Wildman–Crippen LogP) is 2.04. The second-order valence-electron chi connectivity index (χ2n) is 6.33. The molecule has 0 rings (SSSR count). The van der Waals surface area contributed by atoms with Crippen LogP contribution < -0.4 is 5.32 Å². The van der Waals surface area contributed by atoms with Gasteiger partial charge in [0.2, 0.25) is 0 Å². The molecule has 1 unspecified atom stereocenters. The van der Waals surface area contributed by atoms with E-state index in [1.807, 2.05) is 0 Å². The largest absolute Gasteiger partial charge is 0.311 e. The Morgan fingerprint density at radius 3 is 2.06 bits per heavy atom. The van der Waals surface area contributed by atoms with E-state index >= 15 is 0 Å². The van der Waals surface area contributed by atoms with Crippen LogP contribution >= 0.6 is 0 Å². The summed E-state index contributed by atoms with van der Waals surface area (Å²) >= 11 is 0. The van der Waals surface area contributed by atoms with Crippen molar-refractivity contribution in [2.45, 2.75) is 52.1 Å². The molecule has 0 aliphatic carbocycles. The Morgan fingerprint density at radius 2 is 1.65 bits per heavy atom. The molecule has 0 spiro atoms. The van der Waals surface area contributed by atoms with Gasteiger partial charge in [-0.25, -0.2) is 0 Å². The maximum atomic E-state index is 3.60. The molecule has 0 aromatic heterocycles. The van der Waals surface area contributed by atoms with Crippen molar-refractivity contribution in [3.8, 4) is 0 Å². The lowest BCUT2D eigenvalue weighted by Gasteiger charge is -2.31. The first kappa shape index (κ1) is 16.9. The molecular weight excluding hydrogens is 210 g/mol. The Kier molecular flexibility index (Phi) is 8.01. The van der Waals surface area contributed by atoms with Crippen LogP contribution in [0.15, 0.2) is 0 Å². The third-order valence-electron chi connectivity index (χ3n) is 3.08. The number of hydrogen-bond donors (Lipinski definition) is 1. The standard InChI is InChI=1S/C14H33N3/c1-8-13(12-15-14(2,3)4)17(7)11-9-10-16(5)6/h13,15H,8-12H2,1-7H3. The molecule has 0 aromatic carbocycles. The molecule has 0 aromatic rings. The summed E-state index contributed by atoms with van der Waals surface area (Å²) in [6.45, 7) is 12.4. The van der Waals surface area contributed by atoms with Crippen LogP contribution in [0.4, 0.5) is 0 Å². The second-order valence-corrected chi connectivity index (χ2v) is 6.33. The van der Waals surface area contributed by atoms with Gasteiger partial charge in [0.25, 0.3) is 0 Å². The van der Waals surface area contributed by atoms with Crippen molar-refractivity contribution in [2.24, 2.45) is 0 Å². The fourth-order valence-electron chi connectivity index (χ4n) is 1.85. The lowest BCUT2D eigenvalue weighted by atomic mass is 10.1. The minimum absolute atomic E-state index is 0.220. The first-order valence-electron chi connectivity index (χ1n) is 6.86. The molecule has 104 valence electrons. The zero-order chi connectivity index (χ0) is 13.5. The summed E-state index contributed by atoms with van der Waals surface area (Å²) in [4.78, 5) is 4.74. The predicted molar refractivity (Wildman–Crippen MR) is 77.6 cm³/mol. The van der Waals surface area contributed by atoms with Gasteiger partial charge in [-0.15, -0.1) is 0 Å². The van der Waals surface area contributed by atoms with E-state index in [0.717, 1.165) is 6.54 Å². The Hall–Kier alpha value is -0.120. The Bertz CT molecular complexity index is 184. The molecule has 3 heteroatoms. The third kappa shape index (κ3) is 9.57. The van der Waals surface area contributed by atoms with Crippen LogP contribution in [0.2, 0.25) is 0 Å². The van der Waals surface area contributed by atoms with Crippen molar-refractivity contribution in [1.29, 1.82) is 0 Å². The molecular formula is C14H33N3. The zero-order valence-electron chi connectivity index (χ0n) is 13.0. The van der Waals surface area contributed by atoms with Crippen LogP contribution in [-0.2, 0) is 0 Å². The second kappa shape index (κ2) is 8.06. The minimum Gasteiger partial charge on any atom is -0.311 e. The van der Waals surface area contributed by atoms with Gasteiger partial charge in [0.1, 0.15) is 0 Å². The van der Waals surface area contributed by atoms with E-state index < -0.39 is 0 Å². The molecule has 0 saturated carbocycles. The van der Waals surface area contributed by atoms with Crippen LogP contribution in [-0.4, -0.2) is 62.2 Å². The first-order chi connectivity index (χ1) is 7.76. The normalized spacial score (nSPS) is 14.6. The molecule has 0 heterocycles. The van der Waals surface area contributed by atoms with Crippen LogP contribution in [0, 0.1) is 0 Å². The monoisotopic (exact) mass is 243 g/mol. The van der Waals surface area contributed by atoms with Crippen LogP contribution in [0.5, 0.6) is 0 Å². The lowest BCUT2D eigenvalue weighted by molar-refractivity contribution is 0.206. The van der Waals surface area contributed by atoms with Gasteiger partial charge in [-0.1, -0.05) is 6.92 Å². The molecule has 0 bridgehead atoms. The molecule has 3 nitrogen and oxygen atoms in total. The summed E-state index contributed by atoms with van der Waals surface area (Å²) in [5, 5.41) is 3.60. The molecule has 17 heavy (non-hydrogen) atoms. The number of hydrogen-bond acceptors (Lipinski definition) is 3. The number of nitrogens with zero attached hydrogens (tertiary/aromatic N) is 2. The van der Waals surface area contributed by atoms with Gasteiger partial charge < -0.3 is 15.1 Å². The maximum absolute atomic E-state index is 3.60. The van der Waals surface area contributed by atoms with Crippen molar-refractivity contribution in [3.05, 3.63) is 0 Å². The van der Waals surface area contributed by atoms with Crippen LogP contribution in [0.1, 0.15) is 40.5 Å². The average molecular weight is 243 g/mol. The molecule has 0 amide bonds. The van der Waals surface area contributed by atoms with Crippen LogP contribution in [0.3, 0.4) is 0 Å². The van der Waals surface area contributed by atoms with Gasteiger partial charge in [-0.3, -0.25) is 0 Å². The van der Waals surface area contributed by atoms with Crippen LogP contribution in [0.25, 0.3) is 0 Å². The number of nitrogens with one attached hydrogen (secondary N) is 1. The highest BCUT2D eigenvalue weighted by Gasteiger charge is 2.16. The van der Waals surface area contributed by atoms with Gasteiger partial charge >= 0.3 is 0 Å². The SMILES string of the molecule is CCC(CNC(C)(C)C)N(C)CCCN(C)C. The van der Waals surface area contributed by atoms with E-state index in [0.29, 0.717) is 6.04 Å². The van der Waals surface area contributed by atoms with E-state index in [4.69, 9.17) is 0 Å². The van der Waals surface area contributed by atoms with E-state index in [2.05, 4.69) is 64.0 Å². The summed E-state index contributed by atoms with van der Waals surface area (Å²) in [6, 6.07) is 0.649. The molecule has 0 aliphatic rings. The Morgan fingerprint density at radius 1 is 1.06 bits per heavy atom. The Labute approximate surface area is 109 Å². The summed E-state index contributed by atoms with van der Waals surface area (Å²) in [5.74, 6) is 0. The molecule has 1 N–H and O–H groups in total. The fourth-order valence-corrected chi connectivity index (χ4v) is 1.85. The summed E-state index contributed by atoms with van der Waals surface area (Å²) < 4.78 is 0. The van der Waals surface area contributed by atoms with E-state index in [1.165, 1.54) is 25.9 Å². The summed E-state index contributed by atoms with van der Waals surface area (Å²) in [7, 11) is 6.52. The van der Waals surface area contributed by atoms with Gasteiger partial charge in [0, 0.05) is 18.1 Å². The zero-order valence-corrected chi connectivity index (χ0v) is 13.0. The fraction of sp³-hybridized carbons (Fsp3) is 1.00. The number of likely N-dealkylation sites (N-methyl/N-ethyl adjacent to an activating group) is 1. The van der Waals surface area contributed by atoms with Crippen molar-refractivity contribution >= 4 is 0 Å². The minimum atomic E-state index is 0.220. The molecule has 1 atom stereocenters. The lowest BCUT2D eigenvalue weighted by Crippen LogP contribution is -2.46. The van der Waals surface area contributed by atoms with E-state index in [1.54, 1.807) is 0 Å². The molecule has 0 radical (unpaired) electrons. The van der Waals surface area contributed by atoms with Crippen molar-refractivity contribution in [3.63, 3.8) is 0 Å². The maximum Gasteiger partial charge on any atom is 0.0215 e. The third-order valence-corrected chi connectivity index (χ3v) is 3.08. The van der Waals surface area contributed by atoms with Crippen molar-refractivity contribution < 1.29 is 0 Å². The molecule has 0 saturated heterocycles. The van der Waals surface area contributed by atoms with Crippen molar-refractivity contribution in [2.75, 3.05) is 40.8 Å². The summed E-state index contributed by atoms with van der Waals surface area (Å²) in [6.07, 6.45) is 2.46. The highest BCUT2D eigenvalue weighted by Crippen LogP contribution is 2.05. The van der Waals surface area contributed by atoms with Gasteiger partial charge in [-0.2, -0.15) is 0 Å². The topological polar surface area (TPSA) is 18.5 Å². The van der Waals surface area contributed by atoms with Gasteiger partial charge in [0.15, 0.2) is 0 Å².